The molecule has 0 radical (unpaired) electrons. The molecule has 0 saturated carbocycles. The molecule has 0 spiro atoms. The molecule has 0 aliphatic heterocycles. The molecule has 0 bridgehead atoms. The van der Waals surface area contributed by atoms with Crippen LogP contribution in [0.5, 0.6) is 0 Å². The van der Waals surface area contributed by atoms with Crippen molar-refractivity contribution >= 4 is 17.6 Å². The Morgan fingerprint density at radius 3 is 2.35 bits per heavy atom. The van der Waals surface area contributed by atoms with E-state index in [1.165, 1.54) is 6.92 Å². The number of amides is 1. The summed E-state index contributed by atoms with van der Waals surface area (Å²) >= 11 is 0. The SMILES string of the molecule is CC(N)C(=O)Nc1cc(F)c(F)cc1C(=O)O. The van der Waals surface area contributed by atoms with E-state index in [4.69, 9.17) is 10.8 Å². The lowest BCUT2D eigenvalue weighted by atomic mass is 10.1. The number of carbonyl (C=O) groups excluding carboxylic acids is 1. The van der Waals surface area contributed by atoms with Gasteiger partial charge in [-0.05, 0) is 13.0 Å². The molecule has 1 atom stereocenters. The van der Waals surface area contributed by atoms with E-state index in [9.17, 15) is 18.4 Å². The Kier molecular flexibility index (Phi) is 3.74. The number of carboxylic acids is 1. The predicted molar refractivity (Wildman–Crippen MR) is 55.6 cm³/mol. The van der Waals surface area contributed by atoms with Crippen molar-refractivity contribution in [3.63, 3.8) is 0 Å². The molecule has 5 nitrogen and oxygen atoms in total. The standard InChI is InChI=1S/C10H10F2N2O3/c1-4(13)9(15)14-8-3-7(12)6(11)2-5(8)10(16)17/h2-4H,13H2,1H3,(H,14,15)(H,16,17). The van der Waals surface area contributed by atoms with Crippen LogP contribution in [0, 0.1) is 11.6 Å². The minimum atomic E-state index is -1.48. The molecule has 0 aliphatic carbocycles. The van der Waals surface area contributed by atoms with Gasteiger partial charge in [0.05, 0.1) is 17.3 Å². The van der Waals surface area contributed by atoms with Crippen molar-refractivity contribution in [3.8, 4) is 0 Å². The quantitative estimate of drug-likeness (QED) is 0.738. The summed E-state index contributed by atoms with van der Waals surface area (Å²) in [7, 11) is 0. The first kappa shape index (κ1) is 13.0. The van der Waals surface area contributed by atoms with E-state index in [2.05, 4.69) is 5.32 Å². The minimum Gasteiger partial charge on any atom is -0.478 e. The van der Waals surface area contributed by atoms with Gasteiger partial charge >= 0.3 is 5.97 Å². The van der Waals surface area contributed by atoms with Crippen molar-refractivity contribution in [1.29, 1.82) is 0 Å². The summed E-state index contributed by atoms with van der Waals surface area (Å²) in [6.45, 7) is 1.37. The zero-order valence-corrected chi connectivity index (χ0v) is 8.83. The summed E-state index contributed by atoms with van der Waals surface area (Å²) in [6.07, 6.45) is 0. The van der Waals surface area contributed by atoms with Gasteiger partial charge in [0.25, 0.3) is 0 Å². The predicted octanol–water partition coefficient (Wildman–Crippen LogP) is 0.949. The zero-order chi connectivity index (χ0) is 13.2. The number of aromatic carboxylic acids is 1. The lowest BCUT2D eigenvalue weighted by molar-refractivity contribution is -0.117. The van der Waals surface area contributed by atoms with Gasteiger partial charge in [-0.25, -0.2) is 13.6 Å². The van der Waals surface area contributed by atoms with Gasteiger partial charge in [0.15, 0.2) is 11.6 Å². The van der Waals surface area contributed by atoms with Gasteiger partial charge in [-0.1, -0.05) is 0 Å². The second-order valence-electron chi connectivity index (χ2n) is 3.39. The topological polar surface area (TPSA) is 92.4 Å². The molecule has 0 saturated heterocycles. The van der Waals surface area contributed by atoms with Crippen molar-refractivity contribution in [1.82, 2.24) is 0 Å². The molecular formula is C10H10F2N2O3. The Hall–Kier alpha value is -2.02. The molecule has 7 heteroatoms. The summed E-state index contributed by atoms with van der Waals surface area (Å²) in [5.74, 6) is -4.74. The van der Waals surface area contributed by atoms with Crippen molar-refractivity contribution in [2.45, 2.75) is 13.0 Å². The third kappa shape index (κ3) is 2.97. The van der Waals surface area contributed by atoms with Crippen LogP contribution in [0.25, 0.3) is 0 Å². The average Bonchev–Trinajstić information content (AvgIpc) is 2.22. The Balaban J connectivity index is 3.17. The molecular weight excluding hydrogens is 234 g/mol. The fourth-order valence-corrected chi connectivity index (χ4v) is 1.07. The Bertz CT molecular complexity index is 475. The summed E-state index contributed by atoms with van der Waals surface area (Å²) in [4.78, 5) is 22.0. The highest BCUT2D eigenvalue weighted by molar-refractivity contribution is 6.01. The third-order valence-corrected chi connectivity index (χ3v) is 1.96. The van der Waals surface area contributed by atoms with Crippen molar-refractivity contribution < 1.29 is 23.5 Å². The van der Waals surface area contributed by atoms with Crippen LogP contribution in [0.1, 0.15) is 17.3 Å². The first-order valence-electron chi connectivity index (χ1n) is 4.61. The van der Waals surface area contributed by atoms with Crippen molar-refractivity contribution in [2.75, 3.05) is 5.32 Å². The fourth-order valence-electron chi connectivity index (χ4n) is 1.07. The van der Waals surface area contributed by atoms with E-state index in [1.54, 1.807) is 0 Å². The van der Waals surface area contributed by atoms with Gasteiger partial charge in [-0.15, -0.1) is 0 Å². The average molecular weight is 244 g/mol. The van der Waals surface area contributed by atoms with Crippen LogP contribution in [0.2, 0.25) is 0 Å². The fraction of sp³-hybridized carbons (Fsp3) is 0.200. The monoisotopic (exact) mass is 244 g/mol. The number of nitrogens with two attached hydrogens (primary N) is 1. The van der Waals surface area contributed by atoms with E-state index in [0.29, 0.717) is 12.1 Å². The molecule has 1 aromatic carbocycles. The molecule has 1 rings (SSSR count). The number of benzene rings is 1. The zero-order valence-electron chi connectivity index (χ0n) is 8.83. The Labute approximate surface area is 95.2 Å². The van der Waals surface area contributed by atoms with Crippen molar-refractivity contribution in [3.05, 3.63) is 29.3 Å². The second-order valence-corrected chi connectivity index (χ2v) is 3.39. The number of anilines is 1. The molecule has 0 aliphatic rings. The maximum absolute atomic E-state index is 12.9. The molecule has 4 N–H and O–H groups in total. The highest BCUT2D eigenvalue weighted by Crippen LogP contribution is 2.20. The van der Waals surface area contributed by atoms with Crippen LogP contribution in [0.15, 0.2) is 12.1 Å². The van der Waals surface area contributed by atoms with Crippen LogP contribution < -0.4 is 11.1 Å². The van der Waals surface area contributed by atoms with Crippen LogP contribution in [0.4, 0.5) is 14.5 Å². The molecule has 0 aromatic heterocycles. The number of nitrogens with one attached hydrogen (secondary N) is 1. The number of rotatable bonds is 3. The highest BCUT2D eigenvalue weighted by atomic mass is 19.2. The highest BCUT2D eigenvalue weighted by Gasteiger charge is 2.18. The largest absolute Gasteiger partial charge is 0.478 e. The maximum atomic E-state index is 12.9. The number of hydrogen-bond acceptors (Lipinski definition) is 3. The molecule has 1 amide bonds. The smallest absolute Gasteiger partial charge is 0.337 e. The van der Waals surface area contributed by atoms with Gasteiger partial charge in [0, 0.05) is 6.07 Å². The third-order valence-electron chi connectivity index (χ3n) is 1.96. The first-order valence-corrected chi connectivity index (χ1v) is 4.61. The summed E-state index contributed by atoms with van der Waals surface area (Å²) in [6, 6.07) is 0.192. The summed E-state index contributed by atoms with van der Waals surface area (Å²) < 4.78 is 25.8. The van der Waals surface area contributed by atoms with Crippen molar-refractivity contribution in [2.24, 2.45) is 5.73 Å². The summed E-state index contributed by atoms with van der Waals surface area (Å²) in [5.41, 5.74) is 4.37. The molecule has 0 heterocycles. The molecule has 17 heavy (non-hydrogen) atoms. The van der Waals surface area contributed by atoms with Gasteiger partial charge < -0.3 is 16.2 Å². The Morgan fingerprint density at radius 2 is 1.88 bits per heavy atom. The number of carboxylic acid groups (broad SMARTS) is 1. The number of hydrogen-bond donors (Lipinski definition) is 3. The molecule has 1 unspecified atom stereocenters. The molecule has 1 aromatic rings. The van der Waals surface area contributed by atoms with Gasteiger partial charge in [-0.3, -0.25) is 4.79 Å². The normalized spacial score (nSPS) is 12.0. The van der Waals surface area contributed by atoms with Crippen LogP contribution in [-0.4, -0.2) is 23.0 Å². The second kappa shape index (κ2) is 4.88. The lowest BCUT2D eigenvalue weighted by Gasteiger charge is -2.10. The van der Waals surface area contributed by atoms with E-state index < -0.39 is 35.1 Å². The maximum Gasteiger partial charge on any atom is 0.337 e. The van der Waals surface area contributed by atoms with Gasteiger partial charge in [0.2, 0.25) is 5.91 Å². The lowest BCUT2D eigenvalue weighted by Crippen LogP contribution is -2.33. The van der Waals surface area contributed by atoms with Crippen LogP contribution in [-0.2, 0) is 4.79 Å². The Morgan fingerprint density at radius 1 is 1.35 bits per heavy atom. The van der Waals surface area contributed by atoms with Gasteiger partial charge in [0.1, 0.15) is 0 Å². The minimum absolute atomic E-state index is 0.335. The molecule has 0 fully saturated rings. The van der Waals surface area contributed by atoms with E-state index in [1.807, 2.05) is 0 Å². The number of halogens is 2. The van der Waals surface area contributed by atoms with Gasteiger partial charge in [-0.2, -0.15) is 0 Å². The molecule has 92 valence electrons. The van der Waals surface area contributed by atoms with Crippen LogP contribution >= 0.6 is 0 Å². The van der Waals surface area contributed by atoms with E-state index in [0.717, 1.165) is 0 Å². The van der Waals surface area contributed by atoms with E-state index >= 15 is 0 Å². The summed E-state index contributed by atoms with van der Waals surface area (Å²) in [5, 5.41) is 10.9. The van der Waals surface area contributed by atoms with Crippen LogP contribution in [0.3, 0.4) is 0 Å². The number of carbonyl (C=O) groups is 2. The van der Waals surface area contributed by atoms with E-state index in [-0.39, 0.29) is 5.69 Å². The first-order chi connectivity index (χ1) is 7.82.